The Labute approximate surface area is 92.7 Å². The van der Waals surface area contributed by atoms with Gasteiger partial charge in [0.05, 0.1) is 6.54 Å². The molecule has 1 aliphatic rings. The molecular formula is C12H13F2NO. The second-order valence-electron chi connectivity index (χ2n) is 4.11. The van der Waals surface area contributed by atoms with E-state index in [1.165, 1.54) is 12.1 Å². The van der Waals surface area contributed by atoms with Crippen molar-refractivity contribution in [2.45, 2.75) is 25.3 Å². The molecule has 0 atom stereocenters. The molecule has 2 rings (SSSR count). The van der Waals surface area contributed by atoms with Crippen molar-refractivity contribution in [3.8, 4) is 0 Å². The fraction of sp³-hybridized carbons (Fsp3) is 0.417. The van der Waals surface area contributed by atoms with Gasteiger partial charge in [-0.05, 0) is 24.5 Å². The van der Waals surface area contributed by atoms with Gasteiger partial charge in [0.25, 0.3) is 0 Å². The lowest BCUT2D eigenvalue weighted by Gasteiger charge is -2.04. The minimum atomic E-state index is -0.653. The van der Waals surface area contributed by atoms with E-state index in [-0.39, 0.29) is 24.3 Å². The summed E-state index contributed by atoms with van der Waals surface area (Å²) in [4.78, 5) is 11.5. The van der Waals surface area contributed by atoms with Gasteiger partial charge in [-0.25, -0.2) is 8.78 Å². The van der Waals surface area contributed by atoms with Crippen molar-refractivity contribution >= 4 is 5.78 Å². The molecule has 16 heavy (non-hydrogen) atoms. The Morgan fingerprint density at radius 1 is 1.38 bits per heavy atom. The Kier molecular flexibility index (Phi) is 3.29. The van der Waals surface area contributed by atoms with Crippen molar-refractivity contribution in [2.24, 2.45) is 0 Å². The third-order valence-electron chi connectivity index (χ3n) is 2.57. The zero-order valence-electron chi connectivity index (χ0n) is 8.80. The van der Waals surface area contributed by atoms with Crippen LogP contribution in [0.15, 0.2) is 18.2 Å². The van der Waals surface area contributed by atoms with Crippen molar-refractivity contribution in [2.75, 3.05) is 6.54 Å². The number of benzene rings is 1. The molecule has 1 aromatic rings. The maximum absolute atomic E-state index is 13.2. The number of nitrogens with one attached hydrogen (secondary N) is 1. The highest BCUT2D eigenvalue weighted by Crippen LogP contribution is 2.18. The lowest BCUT2D eigenvalue weighted by Crippen LogP contribution is -2.26. The smallest absolute Gasteiger partial charge is 0.151 e. The van der Waals surface area contributed by atoms with Crippen LogP contribution in [-0.2, 0) is 11.2 Å². The number of halogens is 2. The van der Waals surface area contributed by atoms with E-state index in [0.717, 1.165) is 18.9 Å². The summed E-state index contributed by atoms with van der Waals surface area (Å²) in [5.74, 6) is -1.35. The second kappa shape index (κ2) is 4.70. The molecular weight excluding hydrogens is 212 g/mol. The molecule has 0 unspecified atom stereocenters. The predicted molar refractivity (Wildman–Crippen MR) is 56.1 cm³/mol. The van der Waals surface area contributed by atoms with Gasteiger partial charge in [-0.15, -0.1) is 0 Å². The maximum atomic E-state index is 13.2. The van der Waals surface area contributed by atoms with E-state index in [4.69, 9.17) is 0 Å². The van der Waals surface area contributed by atoms with Crippen LogP contribution >= 0.6 is 0 Å². The monoisotopic (exact) mass is 225 g/mol. The number of rotatable bonds is 5. The SMILES string of the molecule is O=C(CNC1CC1)Cc1ccc(F)cc1F. The van der Waals surface area contributed by atoms with Gasteiger partial charge >= 0.3 is 0 Å². The first kappa shape index (κ1) is 11.2. The highest BCUT2D eigenvalue weighted by molar-refractivity contribution is 5.82. The van der Waals surface area contributed by atoms with Gasteiger partial charge in [-0.1, -0.05) is 6.07 Å². The quantitative estimate of drug-likeness (QED) is 0.828. The van der Waals surface area contributed by atoms with Crippen LogP contribution in [0.3, 0.4) is 0 Å². The lowest BCUT2D eigenvalue weighted by atomic mass is 10.1. The van der Waals surface area contributed by atoms with Crippen LogP contribution in [0.25, 0.3) is 0 Å². The number of Topliss-reactive ketones (excluding diaryl/α,β-unsaturated/α-hetero) is 1. The summed E-state index contributed by atoms with van der Waals surface area (Å²) in [6.45, 7) is 0.265. The summed E-state index contributed by atoms with van der Waals surface area (Å²) in [6.07, 6.45) is 2.24. The summed E-state index contributed by atoms with van der Waals surface area (Å²) in [7, 11) is 0. The zero-order valence-corrected chi connectivity index (χ0v) is 8.80. The van der Waals surface area contributed by atoms with E-state index in [9.17, 15) is 13.6 Å². The minimum Gasteiger partial charge on any atom is -0.307 e. The third kappa shape index (κ3) is 3.10. The van der Waals surface area contributed by atoms with Crippen molar-refractivity contribution in [1.29, 1.82) is 0 Å². The molecule has 0 aliphatic heterocycles. The average molecular weight is 225 g/mol. The Morgan fingerprint density at radius 3 is 2.75 bits per heavy atom. The molecule has 0 saturated heterocycles. The highest BCUT2D eigenvalue weighted by atomic mass is 19.1. The van der Waals surface area contributed by atoms with Crippen LogP contribution in [0.2, 0.25) is 0 Å². The predicted octanol–water partition coefficient (Wildman–Crippen LogP) is 1.83. The summed E-state index contributed by atoms with van der Waals surface area (Å²) in [5, 5.41) is 3.06. The molecule has 1 aromatic carbocycles. The summed E-state index contributed by atoms with van der Waals surface area (Å²) >= 11 is 0. The van der Waals surface area contributed by atoms with E-state index in [1.54, 1.807) is 0 Å². The lowest BCUT2D eigenvalue weighted by molar-refractivity contribution is -0.117. The van der Waals surface area contributed by atoms with Crippen LogP contribution in [0.1, 0.15) is 18.4 Å². The van der Waals surface area contributed by atoms with Crippen LogP contribution < -0.4 is 5.32 Å². The summed E-state index contributed by atoms with van der Waals surface area (Å²) < 4.78 is 25.8. The number of carbonyl (C=O) groups is 1. The van der Waals surface area contributed by atoms with Crippen molar-refractivity contribution in [1.82, 2.24) is 5.32 Å². The molecule has 0 radical (unpaired) electrons. The Morgan fingerprint density at radius 2 is 2.12 bits per heavy atom. The molecule has 2 nitrogen and oxygen atoms in total. The molecule has 4 heteroatoms. The topological polar surface area (TPSA) is 29.1 Å². The van der Waals surface area contributed by atoms with E-state index < -0.39 is 11.6 Å². The largest absolute Gasteiger partial charge is 0.307 e. The van der Waals surface area contributed by atoms with E-state index in [2.05, 4.69) is 5.32 Å². The van der Waals surface area contributed by atoms with Crippen molar-refractivity contribution in [3.05, 3.63) is 35.4 Å². The van der Waals surface area contributed by atoms with Crippen molar-refractivity contribution < 1.29 is 13.6 Å². The number of hydrogen-bond acceptors (Lipinski definition) is 2. The molecule has 0 spiro atoms. The number of ketones is 1. The Balaban J connectivity index is 1.89. The molecule has 1 fully saturated rings. The first-order valence-corrected chi connectivity index (χ1v) is 5.34. The zero-order chi connectivity index (χ0) is 11.5. The molecule has 0 bridgehead atoms. The summed E-state index contributed by atoms with van der Waals surface area (Å²) in [5.41, 5.74) is 0.254. The van der Waals surface area contributed by atoms with E-state index >= 15 is 0 Å². The number of hydrogen-bond donors (Lipinski definition) is 1. The van der Waals surface area contributed by atoms with Crippen molar-refractivity contribution in [3.63, 3.8) is 0 Å². The average Bonchev–Trinajstić information content (AvgIpc) is 3.03. The van der Waals surface area contributed by atoms with Crippen LogP contribution in [0.4, 0.5) is 8.78 Å². The van der Waals surface area contributed by atoms with Gasteiger partial charge in [0.15, 0.2) is 5.78 Å². The highest BCUT2D eigenvalue weighted by Gasteiger charge is 2.21. The normalized spacial score (nSPS) is 15.1. The molecule has 0 aromatic heterocycles. The Hall–Kier alpha value is -1.29. The minimum absolute atomic E-state index is 0.0197. The standard InChI is InChI=1S/C12H13F2NO/c13-9-2-1-8(12(14)6-9)5-11(16)7-15-10-3-4-10/h1-2,6,10,15H,3-5,7H2. The van der Waals surface area contributed by atoms with Gasteiger partial charge in [-0.3, -0.25) is 4.79 Å². The first-order valence-electron chi connectivity index (χ1n) is 5.34. The molecule has 0 heterocycles. The fourth-order valence-electron chi connectivity index (χ4n) is 1.49. The molecule has 86 valence electrons. The number of carbonyl (C=O) groups excluding carboxylic acids is 1. The fourth-order valence-corrected chi connectivity index (χ4v) is 1.49. The van der Waals surface area contributed by atoms with Gasteiger partial charge in [-0.2, -0.15) is 0 Å². The first-order chi connectivity index (χ1) is 7.65. The van der Waals surface area contributed by atoms with Gasteiger partial charge < -0.3 is 5.32 Å². The third-order valence-corrected chi connectivity index (χ3v) is 2.57. The van der Waals surface area contributed by atoms with Crippen LogP contribution in [0.5, 0.6) is 0 Å². The molecule has 1 N–H and O–H groups in total. The maximum Gasteiger partial charge on any atom is 0.151 e. The second-order valence-corrected chi connectivity index (χ2v) is 4.11. The summed E-state index contributed by atoms with van der Waals surface area (Å²) in [6, 6.07) is 3.75. The van der Waals surface area contributed by atoms with Gasteiger partial charge in [0.1, 0.15) is 11.6 Å². The van der Waals surface area contributed by atoms with Crippen LogP contribution in [0, 0.1) is 11.6 Å². The van der Waals surface area contributed by atoms with Gasteiger partial charge in [0, 0.05) is 18.5 Å². The molecule has 1 saturated carbocycles. The molecule has 0 amide bonds. The van der Waals surface area contributed by atoms with E-state index in [0.29, 0.717) is 6.04 Å². The van der Waals surface area contributed by atoms with E-state index in [1.807, 2.05) is 0 Å². The molecule has 1 aliphatic carbocycles. The van der Waals surface area contributed by atoms with Gasteiger partial charge in [0.2, 0.25) is 0 Å². The Bertz CT molecular complexity index is 402. The van der Waals surface area contributed by atoms with Crippen LogP contribution in [-0.4, -0.2) is 18.4 Å².